The second kappa shape index (κ2) is 23.5. The smallest absolute Gasteiger partial charge is 0 e. The molecular formula is H6AlLiNiO. The summed E-state index contributed by atoms with van der Waals surface area (Å²) in [4.78, 5) is 0. The Morgan fingerprint density at radius 3 is 1.00 bits per heavy atom. The average Bonchev–Trinajstić information content (AvgIpc) is 0. The van der Waals surface area contributed by atoms with E-state index in [-0.39, 0.29) is 58.2 Å². The Hall–Kier alpha value is 1.58. The van der Waals surface area contributed by atoms with Crippen LogP contribution in [0.25, 0.3) is 0 Å². The topological polar surface area (TPSA) is 31.5 Å². The third-order valence-corrected chi connectivity index (χ3v) is 0. The van der Waals surface area contributed by atoms with Gasteiger partial charge in [-0.05, 0) is 0 Å². The molecule has 4 heavy (non-hydrogen) atoms. The zero-order valence-corrected chi connectivity index (χ0v) is 1.80. The summed E-state index contributed by atoms with van der Waals surface area (Å²) in [6.45, 7) is 0. The third kappa shape index (κ3) is 9.54. The van der Waals surface area contributed by atoms with Crippen molar-refractivity contribution in [1.29, 1.82) is 0 Å². The predicted octanol–water partition coefficient (Wildman–Crippen LogP) is -2.66. The van der Waals surface area contributed by atoms with E-state index in [1.807, 2.05) is 0 Å². The summed E-state index contributed by atoms with van der Waals surface area (Å²) in [6.07, 6.45) is 0. The Morgan fingerprint density at radius 2 is 1.00 bits per heavy atom. The summed E-state index contributed by atoms with van der Waals surface area (Å²) in [7, 11) is 0. The standard InChI is InChI=1S/Al.Li.Ni.H2O.4H/h;;;1H2;;;;. The number of hydrogen-bond acceptors (Lipinski definition) is 0. The van der Waals surface area contributed by atoms with Crippen LogP contribution in [0.15, 0.2) is 0 Å². The molecule has 4 heteroatoms. The van der Waals surface area contributed by atoms with Crippen LogP contribution in [0.3, 0.4) is 0 Å². The van der Waals surface area contributed by atoms with Crippen LogP contribution in [-0.4, -0.2) is 41.7 Å². The summed E-state index contributed by atoms with van der Waals surface area (Å²) in [5, 5.41) is 0. The maximum Gasteiger partial charge on any atom is 0 e. The van der Waals surface area contributed by atoms with Crippen LogP contribution in [0, 0.1) is 0 Å². The van der Waals surface area contributed by atoms with Gasteiger partial charge in [0, 0.05) is 16.5 Å². The molecule has 2 N–H and O–H groups in total. The molecule has 0 rings (SSSR count). The largest absolute Gasteiger partial charge is 0 e. The van der Waals surface area contributed by atoms with Crippen molar-refractivity contribution in [3.63, 3.8) is 0 Å². The molecule has 0 aromatic heterocycles. The first-order chi connectivity index (χ1) is 0. The van der Waals surface area contributed by atoms with Crippen molar-refractivity contribution in [2.75, 3.05) is 0 Å². The number of hydrogen-bond donors (Lipinski definition) is 0. The van der Waals surface area contributed by atoms with E-state index in [2.05, 4.69) is 0 Å². The van der Waals surface area contributed by atoms with Gasteiger partial charge in [0.25, 0.3) is 0 Å². The Balaban J connectivity index is 0. The van der Waals surface area contributed by atoms with Gasteiger partial charge in [-0.25, -0.2) is 0 Å². The van der Waals surface area contributed by atoms with Gasteiger partial charge in [-0.15, -0.1) is 0 Å². The zero-order chi connectivity index (χ0) is 0. The van der Waals surface area contributed by atoms with E-state index in [0.29, 0.717) is 0 Å². The monoisotopic (exact) mass is 114 g/mol. The zero-order valence-electron chi connectivity index (χ0n) is 0.816. The second-order valence-electron chi connectivity index (χ2n) is 0. The molecule has 0 spiro atoms. The van der Waals surface area contributed by atoms with Gasteiger partial charge in [-0.3, -0.25) is 0 Å². The van der Waals surface area contributed by atoms with Gasteiger partial charge in [-0.2, -0.15) is 0 Å². The fourth-order valence-electron chi connectivity index (χ4n) is 0. The summed E-state index contributed by atoms with van der Waals surface area (Å²) >= 11 is 0. The van der Waals surface area contributed by atoms with E-state index in [4.69, 9.17) is 0 Å². The Labute approximate surface area is 58.1 Å². The fourth-order valence-corrected chi connectivity index (χ4v) is 0. The maximum atomic E-state index is 0. The van der Waals surface area contributed by atoms with Crippen LogP contribution in [0.4, 0.5) is 0 Å². The second-order valence-corrected chi connectivity index (χ2v) is 0. The summed E-state index contributed by atoms with van der Waals surface area (Å²) in [5.41, 5.74) is 0. The minimum absolute atomic E-state index is 0. The SMILES string of the molecule is O.[AlH3].[LiH].[Ni]. The van der Waals surface area contributed by atoms with Crippen molar-refractivity contribution >= 4 is 36.2 Å². The van der Waals surface area contributed by atoms with E-state index in [1.54, 1.807) is 0 Å². The molecule has 0 amide bonds. The molecule has 1 nitrogen and oxygen atoms in total. The van der Waals surface area contributed by atoms with Gasteiger partial charge in [0.15, 0.2) is 17.4 Å². The Morgan fingerprint density at radius 1 is 1.00 bits per heavy atom. The Bertz CT molecular complexity index is 8.00. The molecule has 0 bridgehead atoms. The van der Waals surface area contributed by atoms with Crippen LogP contribution in [-0.2, 0) is 16.5 Å². The van der Waals surface area contributed by atoms with E-state index in [1.165, 1.54) is 0 Å². The molecule has 0 heterocycles. The van der Waals surface area contributed by atoms with Crippen LogP contribution in [0.1, 0.15) is 0 Å². The molecule has 26 valence electrons. The fraction of sp³-hybridized carbons (Fsp3) is 0. The molecule has 0 fully saturated rings. The molecule has 0 aliphatic heterocycles. The molecule has 0 aliphatic rings. The minimum atomic E-state index is 0. The van der Waals surface area contributed by atoms with Gasteiger partial charge in [0.05, 0.1) is 0 Å². The van der Waals surface area contributed by atoms with Gasteiger partial charge in [-0.1, -0.05) is 0 Å². The predicted molar refractivity (Wildman–Crippen MR) is 20.7 cm³/mol. The normalized spacial score (nSPS) is 0. The van der Waals surface area contributed by atoms with Crippen molar-refractivity contribution in [1.82, 2.24) is 0 Å². The van der Waals surface area contributed by atoms with Crippen molar-refractivity contribution in [2.24, 2.45) is 0 Å². The van der Waals surface area contributed by atoms with E-state index in [0.717, 1.165) is 0 Å². The van der Waals surface area contributed by atoms with Crippen LogP contribution >= 0.6 is 0 Å². The number of rotatable bonds is 0. The van der Waals surface area contributed by atoms with Crippen LogP contribution < -0.4 is 0 Å². The first-order valence-corrected chi connectivity index (χ1v) is 0. The van der Waals surface area contributed by atoms with Crippen molar-refractivity contribution in [3.8, 4) is 0 Å². The van der Waals surface area contributed by atoms with Crippen LogP contribution in [0.2, 0.25) is 0 Å². The van der Waals surface area contributed by atoms with Gasteiger partial charge >= 0.3 is 18.9 Å². The molecule has 0 unspecified atom stereocenters. The van der Waals surface area contributed by atoms with Gasteiger partial charge in [0.1, 0.15) is 0 Å². The molecule has 0 aromatic rings. The van der Waals surface area contributed by atoms with E-state index in [9.17, 15) is 0 Å². The first-order valence-electron chi connectivity index (χ1n) is 0. The quantitative estimate of drug-likeness (QED) is 0.308. The van der Waals surface area contributed by atoms with E-state index < -0.39 is 0 Å². The molecule has 0 aromatic carbocycles. The van der Waals surface area contributed by atoms with Crippen molar-refractivity contribution in [2.45, 2.75) is 0 Å². The Kier molecular flexibility index (Phi) is 275. The van der Waals surface area contributed by atoms with E-state index >= 15 is 0 Å². The summed E-state index contributed by atoms with van der Waals surface area (Å²) in [5.74, 6) is 0. The molecule has 0 saturated carbocycles. The minimum Gasteiger partial charge on any atom is 0 e. The molecule has 0 aliphatic carbocycles. The molecular weight excluding hydrogens is 109 g/mol. The third-order valence-electron chi connectivity index (χ3n) is 0. The van der Waals surface area contributed by atoms with Crippen molar-refractivity contribution in [3.05, 3.63) is 0 Å². The molecule has 0 radical (unpaired) electrons. The summed E-state index contributed by atoms with van der Waals surface area (Å²) < 4.78 is 0. The molecule has 0 saturated heterocycles. The van der Waals surface area contributed by atoms with Gasteiger partial charge < -0.3 is 5.48 Å². The molecule has 0 atom stereocenters. The van der Waals surface area contributed by atoms with Gasteiger partial charge in [0.2, 0.25) is 0 Å². The van der Waals surface area contributed by atoms with Crippen LogP contribution in [0.5, 0.6) is 0 Å². The van der Waals surface area contributed by atoms with Crippen molar-refractivity contribution < 1.29 is 22.0 Å². The first kappa shape index (κ1) is 46.8. The maximum absolute atomic E-state index is 0. The average molecular weight is 115 g/mol. The summed E-state index contributed by atoms with van der Waals surface area (Å²) in [6, 6.07) is 0.